The molecular weight excluding hydrogens is 394 g/mol. The first-order valence-electron chi connectivity index (χ1n) is 8.76. The number of alkyl carbamates (subject to hydrolysis) is 1. The van der Waals surface area contributed by atoms with E-state index in [9.17, 15) is 9.59 Å². The summed E-state index contributed by atoms with van der Waals surface area (Å²) in [5.74, 6) is -0.405. The molecule has 0 atom stereocenters. The third kappa shape index (κ3) is 5.82. The van der Waals surface area contributed by atoms with Gasteiger partial charge in [0, 0.05) is 12.4 Å². The predicted molar refractivity (Wildman–Crippen MR) is 108 cm³/mol. The van der Waals surface area contributed by atoms with E-state index >= 15 is 0 Å². The molecule has 0 saturated heterocycles. The molecule has 2 N–H and O–H groups in total. The lowest BCUT2D eigenvalue weighted by Gasteiger charge is -2.19. The highest BCUT2D eigenvalue weighted by atomic mass is 32.1. The molecule has 0 aromatic carbocycles. The number of nitrogens with zero attached hydrogens (tertiary/aromatic N) is 5. The van der Waals surface area contributed by atoms with Crippen molar-refractivity contribution in [2.24, 2.45) is 7.05 Å². The molecule has 11 heteroatoms. The van der Waals surface area contributed by atoms with Crippen LogP contribution in [0.1, 0.15) is 20.8 Å². The second-order valence-electron chi connectivity index (χ2n) is 7.07. The van der Waals surface area contributed by atoms with Gasteiger partial charge in [-0.25, -0.2) is 14.8 Å². The molecule has 0 spiro atoms. The van der Waals surface area contributed by atoms with Gasteiger partial charge in [-0.15, -0.1) is 11.3 Å². The number of thiazole rings is 1. The molecule has 152 valence electrons. The van der Waals surface area contributed by atoms with Crippen LogP contribution in [0, 0.1) is 0 Å². The lowest BCUT2D eigenvalue weighted by atomic mass is 10.2. The Labute approximate surface area is 171 Å². The van der Waals surface area contributed by atoms with Crippen molar-refractivity contribution in [3.05, 3.63) is 29.8 Å². The predicted octanol–water partition coefficient (Wildman–Crippen LogP) is 2.46. The Bertz CT molecular complexity index is 1020. The number of aromatic nitrogens is 5. The van der Waals surface area contributed by atoms with Crippen LogP contribution in [0.3, 0.4) is 0 Å². The van der Waals surface area contributed by atoms with Crippen LogP contribution >= 0.6 is 11.3 Å². The van der Waals surface area contributed by atoms with Gasteiger partial charge in [0.25, 0.3) is 0 Å². The van der Waals surface area contributed by atoms with Gasteiger partial charge >= 0.3 is 6.09 Å². The smallest absolute Gasteiger partial charge is 0.408 e. The number of carbonyl (C=O) groups is 2. The van der Waals surface area contributed by atoms with E-state index in [2.05, 4.69) is 30.8 Å². The first-order chi connectivity index (χ1) is 13.7. The second-order valence-corrected chi connectivity index (χ2v) is 7.93. The van der Waals surface area contributed by atoms with E-state index in [4.69, 9.17) is 4.74 Å². The van der Waals surface area contributed by atoms with Crippen molar-refractivity contribution in [3.63, 3.8) is 0 Å². The summed E-state index contributed by atoms with van der Waals surface area (Å²) in [6.45, 7) is 5.02. The Morgan fingerprint density at radius 3 is 2.52 bits per heavy atom. The number of pyridine rings is 1. The van der Waals surface area contributed by atoms with E-state index in [1.165, 1.54) is 16.1 Å². The van der Waals surface area contributed by atoms with Gasteiger partial charge in [0.2, 0.25) is 5.91 Å². The van der Waals surface area contributed by atoms with Crippen LogP contribution in [0.5, 0.6) is 0 Å². The van der Waals surface area contributed by atoms with E-state index in [1.54, 1.807) is 39.4 Å². The first-order valence-corrected chi connectivity index (χ1v) is 9.64. The Morgan fingerprint density at radius 1 is 1.14 bits per heavy atom. The molecule has 0 bridgehead atoms. The highest BCUT2D eigenvalue weighted by Gasteiger charge is 2.17. The van der Waals surface area contributed by atoms with Crippen LogP contribution in [0.2, 0.25) is 0 Å². The quantitative estimate of drug-likeness (QED) is 0.656. The van der Waals surface area contributed by atoms with Gasteiger partial charge in [-0.1, -0.05) is 6.07 Å². The standard InChI is InChI=1S/C18H21N7O3S/c1-18(2,3)28-17(27)19-9-15(26)23-16-22-14(10-29-16)12-7-5-6-11(21-12)13-8-20-25(4)24-13/h5-8,10H,9H2,1-4H3,(H,19,27)(H,22,23,26). The number of aryl methyl sites for hydroxylation is 1. The van der Waals surface area contributed by atoms with Crippen LogP contribution in [0.25, 0.3) is 22.8 Å². The molecular formula is C18H21N7O3S. The van der Waals surface area contributed by atoms with Gasteiger partial charge in [-0.2, -0.15) is 15.0 Å². The van der Waals surface area contributed by atoms with Gasteiger partial charge in [-0.3, -0.25) is 4.79 Å². The molecule has 3 aromatic rings. The fraction of sp³-hybridized carbons (Fsp3) is 0.333. The van der Waals surface area contributed by atoms with Gasteiger partial charge in [-0.05, 0) is 32.9 Å². The summed E-state index contributed by atoms with van der Waals surface area (Å²) in [4.78, 5) is 34.0. The molecule has 0 aliphatic heterocycles. The monoisotopic (exact) mass is 415 g/mol. The van der Waals surface area contributed by atoms with Crippen molar-refractivity contribution < 1.29 is 14.3 Å². The average Bonchev–Trinajstić information content (AvgIpc) is 3.28. The zero-order chi connectivity index (χ0) is 21.0. The Kier molecular flexibility index (Phi) is 5.87. The largest absolute Gasteiger partial charge is 0.444 e. The SMILES string of the molecule is Cn1ncc(-c2cccc(-c3csc(NC(=O)CNC(=O)OC(C)(C)C)n3)n2)n1. The van der Waals surface area contributed by atoms with Crippen LogP contribution < -0.4 is 10.6 Å². The fourth-order valence-corrected chi connectivity index (χ4v) is 2.98. The number of nitrogens with one attached hydrogen (secondary N) is 2. The minimum absolute atomic E-state index is 0.218. The zero-order valence-electron chi connectivity index (χ0n) is 16.5. The highest BCUT2D eigenvalue weighted by Crippen LogP contribution is 2.25. The number of hydrogen-bond donors (Lipinski definition) is 2. The molecule has 10 nitrogen and oxygen atoms in total. The summed E-state index contributed by atoms with van der Waals surface area (Å²) in [6, 6.07) is 5.52. The topological polar surface area (TPSA) is 124 Å². The van der Waals surface area contributed by atoms with Crippen molar-refractivity contribution in [1.29, 1.82) is 0 Å². The molecule has 3 heterocycles. The summed E-state index contributed by atoms with van der Waals surface area (Å²) >= 11 is 1.26. The molecule has 0 aliphatic rings. The number of anilines is 1. The van der Waals surface area contributed by atoms with Gasteiger partial charge < -0.3 is 15.4 Å². The van der Waals surface area contributed by atoms with E-state index in [0.717, 1.165) is 0 Å². The van der Waals surface area contributed by atoms with Gasteiger partial charge in [0.15, 0.2) is 5.13 Å². The van der Waals surface area contributed by atoms with Gasteiger partial charge in [0.05, 0.1) is 17.6 Å². The molecule has 29 heavy (non-hydrogen) atoms. The van der Waals surface area contributed by atoms with E-state index in [1.807, 2.05) is 18.2 Å². The minimum atomic E-state index is -0.655. The summed E-state index contributed by atoms with van der Waals surface area (Å²) < 4.78 is 5.09. The maximum absolute atomic E-state index is 12.0. The van der Waals surface area contributed by atoms with Crippen LogP contribution in [0.4, 0.5) is 9.93 Å². The molecule has 0 fully saturated rings. The average molecular weight is 415 g/mol. The third-order valence-corrected chi connectivity index (χ3v) is 4.17. The maximum Gasteiger partial charge on any atom is 0.408 e. The lowest BCUT2D eigenvalue weighted by molar-refractivity contribution is -0.115. The minimum Gasteiger partial charge on any atom is -0.444 e. The molecule has 0 radical (unpaired) electrons. The summed E-state index contributed by atoms with van der Waals surface area (Å²) in [7, 11) is 1.74. The molecule has 3 rings (SSSR count). The molecule has 2 amide bonds. The van der Waals surface area contributed by atoms with E-state index in [-0.39, 0.29) is 6.54 Å². The molecule has 0 unspecified atom stereocenters. The number of carbonyl (C=O) groups excluding carboxylic acids is 2. The van der Waals surface area contributed by atoms with Crippen molar-refractivity contribution in [2.75, 3.05) is 11.9 Å². The normalized spacial score (nSPS) is 11.2. The highest BCUT2D eigenvalue weighted by molar-refractivity contribution is 7.14. The summed E-state index contributed by atoms with van der Waals surface area (Å²) in [5, 5.41) is 15.5. The number of ether oxygens (including phenoxy) is 1. The Hall–Kier alpha value is -3.34. The Balaban J connectivity index is 1.61. The van der Waals surface area contributed by atoms with Gasteiger partial charge in [0.1, 0.15) is 23.5 Å². The maximum atomic E-state index is 12.0. The zero-order valence-corrected chi connectivity index (χ0v) is 17.3. The summed E-state index contributed by atoms with van der Waals surface area (Å²) in [6.07, 6.45) is 0.980. The van der Waals surface area contributed by atoms with E-state index < -0.39 is 17.6 Å². The van der Waals surface area contributed by atoms with Crippen molar-refractivity contribution in [2.45, 2.75) is 26.4 Å². The van der Waals surface area contributed by atoms with Crippen LogP contribution in [0.15, 0.2) is 29.8 Å². The molecule has 3 aromatic heterocycles. The molecule has 0 saturated carbocycles. The van der Waals surface area contributed by atoms with Crippen molar-refractivity contribution in [1.82, 2.24) is 30.3 Å². The Morgan fingerprint density at radius 2 is 1.86 bits per heavy atom. The first kappa shape index (κ1) is 20.4. The fourth-order valence-electron chi connectivity index (χ4n) is 2.26. The number of rotatable bonds is 5. The third-order valence-electron chi connectivity index (χ3n) is 3.42. The number of hydrogen-bond acceptors (Lipinski definition) is 8. The van der Waals surface area contributed by atoms with E-state index in [0.29, 0.717) is 27.9 Å². The van der Waals surface area contributed by atoms with Crippen molar-refractivity contribution in [3.8, 4) is 22.8 Å². The number of amides is 2. The second kappa shape index (κ2) is 8.35. The molecule has 0 aliphatic carbocycles. The summed E-state index contributed by atoms with van der Waals surface area (Å²) in [5.41, 5.74) is 1.98. The van der Waals surface area contributed by atoms with Crippen LogP contribution in [-0.4, -0.2) is 49.1 Å². The van der Waals surface area contributed by atoms with Crippen LogP contribution in [-0.2, 0) is 16.6 Å². The lowest BCUT2D eigenvalue weighted by Crippen LogP contribution is -2.37. The van der Waals surface area contributed by atoms with Crippen molar-refractivity contribution >= 4 is 28.5 Å².